The predicted molar refractivity (Wildman–Crippen MR) is 98.8 cm³/mol. The van der Waals surface area contributed by atoms with Crippen LogP contribution in [0, 0.1) is 0 Å². The molecule has 10 heteroatoms. The Morgan fingerprint density at radius 1 is 1.26 bits per heavy atom. The zero-order valence-corrected chi connectivity index (χ0v) is 16.1. The fourth-order valence-corrected chi connectivity index (χ4v) is 3.21. The summed E-state index contributed by atoms with van der Waals surface area (Å²) in [6, 6.07) is 1.69. The van der Waals surface area contributed by atoms with Gasteiger partial charge >= 0.3 is 11.9 Å². The maximum absolute atomic E-state index is 12.1. The third-order valence-corrected chi connectivity index (χ3v) is 4.89. The van der Waals surface area contributed by atoms with Crippen molar-refractivity contribution in [1.29, 1.82) is 0 Å². The molecule has 0 aromatic carbocycles. The number of esters is 2. The van der Waals surface area contributed by atoms with Gasteiger partial charge in [0, 0.05) is 17.7 Å². The summed E-state index contributed by atoms with van der Waals surface area (Å²) >= 11 is 1.27. The van der Waals surface area contributed by atoms with Crippen LogP contribution in [0.15, 0.2) is 11.2 Å². The summed E-state index contributed by atoms with van der Waals surface area (Å²) in [5, 5.41) is 6.53. The first kappa shape index (κ1) is 20.6. The summed E-state index contributed by atoms with van der Waals surface area (Å²) in [6.45, 7) is 5.32. The second-order valence-electron chi connectivity index (χ2n) is 5.98. The average Bonchev–Trinajstić information content (AvgIpc) is 3.04. The third kappa shape index (κ3) is 5.61. The van der Waals surface area contributed by atoms with Gasteiger partial charge in [-0.25, -0.2) is 15.0 Å². The molecule has 0 fully saturated rings. The van der Waals surface area contributed by atoms with E-state index in [9.17, 15) is 19.2 Å². The summed E-state index contributed by atoms with van der Waals surface area (Å²) in [7, 11) is 0. The van der Waals surface area contributed by atoms with Crippen LogP contribution in [0.25, 0.3) is 0 Å². The Bertz CT molecular complexity index is 784. The number of hydrazone groups is 1. The van der Waals surface area contributed by atoms with Crippen molar-refractivity contribution in [2.75, 3.05) is 18.5 Å². The standard InChI is InChI=1S/C17H21N3O6S/c1-4-25-16(23)10-7-12(9(2)3)27-15(10)18-14(22)8-26-17(24)11-5-6-13(21)20-19-11/h7,9H,4-6,8H2,1-3H3,(H,18,22)(H,20,21). The maximum atomic E-state index is 12.1. The van der Waals surface area contributed by atoms with E-state index in [2.05, 4.69) is 15.8 Å². The van der Waals surface area contributed by atoms with E-state index in [4.69, 9.17) is 9.47 Å². The van der Waals surface area contributed by atoms with Crippen LogP contribution in [-0.2, 0) is 23.9 Å². The first-order chi connectivity index (χ1) is 12.8. The van der Waals surface area contributed by atoms with Crippen molar-refractivity contribution in [1.82, 2.24) is 5.43 Å². The molecule has 0 spiro atoms. The molecular formula is C17H21N3O6S. The molecule has 1 aliphatic heterocycles. The largest absolute Gasteiger partial charge is 0.462 e. The Balaban J connectivity index is 1.99. The summed E-state index contributed by atoms with van der Waals surface area (Å²) in [4.78, 5) is 48.0. The summed E-state index contributed by atoms with van der Waals surface area (Å²) in [5.74, 6) is -2.00. The van der Waals surface area contributed by atoms with Crippen molar-refractivity contribution in [3.63, 3.8) is 0 Å². The van der Waals surface area contributed by atoms with Gasteiger partial charge in [0.05, 0.1) is 12.2 Å². The van der Waals surface area contributed by atoms with Crippen LogP contribution in [0.1, 0.15) is 54.8 Å². The molecule has 2 N–H and O–H groups in total. The molecule has 0 unspecified atom stereocenters. The van der Waals surface area contributed by atoms with Crippen molar-refractivity contribution in [3.05, 3.63) is 16.5 Å². The fraction of sp³-hybridized carbons (Fsp3) is 0.471. The minimum atomic E-state index is -0.773. The van der Waals surface area contributed by atoms with E-state index in [0.29, 0.717) is 5.00 Å². The maximum Gasteiger partial charge on any atom is 0.355 e. The van der Waals surface area contributed by atoms with E-state index in [1.807, 2.05) is 13.8 Å². The van der Waals surface area contributed by atoms with Crippen LogP contribution in [0.3, 0.4) is 0 Å². The van der Waals surface area contributed by atoms with Gasteiger partial charge in [-0.15, -0.1) is 11.3 Å². The number of nitrogens with zero attached hydrogens (tertiary/aromatic N) is 1. The van der Waals surface area contributed by atoms with Crippen molar-refractivity contribution in [2.24, 2.45) is 5.10 Å². The smallest absolute Gasteiger partial charge is 0.355 e. The first-order valence-corrected chi connectivity index (χ1v) is 9.26. The van der Waals surface area contributed by atoms with Gasteiger partial charge in [0.15, 0.2) is 6.61 Å². The number of carbonyl (C=O) groups excluding carboxylic acids is 4. The highest BCUT2D eigenvalue weighted by Gasteiger charge is 2.23. The zero-order valence-electron chi connectivity index (χ0n) is 15.3. The van der Waals surface area contributed by atoms with Crippen LogP contribution in [0.2, 0.25) is 0 Å². The molecule has 9 nitrogen and oxygen atoms in total. The van der Waals surface area contributed by atoms with E-state index in [1.54, 1.807) is 13.0 Å². The Hall–Kier alpha value is -2.75. The number of rotatable bonds is 7. The topological polar surface area (TPSA) is 123 Å². The third-order valence-electron chi connectivity index (χ3n) is 3.54. The van der Waals surface area contributed by atoms with Gasteiger partial charge < -0.3 is 14.8 Å². The molecule has 0 aliphatic carbocycles. The van der Waals surface area contributed by atoms with Crippen molar-refractivity contribution >= 4 is 45.8 Å². The Morgan fingerprint density at radius 2 is 2.00 bits per heavy atom. The summed E-state index contributed by atoms with van der Waals surface area (Å²) < 4.78 is 9.92. The molecule has 2 rings (SSSR count). The van der Waals surface area contributed by atoms with Crippen molar-refractivity contribution < 1.29 is 28.7 Å². The number of thiophene rings is 1. The molecule has 0 saturated carbocycles. The Morgan fingerprint density at radius 3 is 2.59 bits per heavy atom. The van der Waals surface area contributed by atoms with Crippen LogP contribution >= 0.6 is 11.3 Å². The van der Waals surface area contributed by atoms with Gasteiger partial charge in [-0.3, -0.25) is 9.59 Å². The molecule has 1 aromatic heterocycles. The second-order valence-corrected chi connectivity index (χ2v) is 7.07. The van der Waals surface area contributed by atoms with Crippen LogP contribution in [0.4, 0.5) is 5.00 Å². The molecule has 2 amide bonds. The molecule has 0 atom stereocenters. The monoisotopic (exact) mass is 395 g/mol. The number of hydrogen-bond acceptors (Lipinski definition) is 8. The SMILES string of the molecule is CCOC(=O)c1cc(C(C)C)sc1NC(=O)COC(=O)C1=NNC(=O)CC1. The van der Waals surface area contributed by atoms with E-state index >= 15 is 0 Å². The second kappa shape index (κ2) is 9.26. The highest BCUT2D eigenvalue weighted by atomic mass is 32.1. The molecule has 27 heavy (non-hydrogen) atoms. The van der Waals surface area contributed by atoms with E-state index in [-0.39, 0.29) is 42.5 Å². The molecule has 1 aliphatic rings. The lowest BCUT2D eigenvalue weighted by Crippen LogP contribution is -2.32. The molecular weight excluding hydrogens is 374 g/mol. The van der Waals surface area contributed by atoms with Gasteiger partial charge in [0.1, 0.15) is 10.7 Å². The normalized spacial score (nSPS) is 13.6. The quantitative estimate of drug-likeness (QED) is 0.679. The van der Waals surface area contributed by atoms with Crippen LogP contribution in [0.5, 0.6) is 0 Å². The highest BCUT2D eigenvalue weighted by Crippen LogP contribution is 2.33. The Labute approximate surface area is 160 Å². The van der Waals surface area contributed by atoms with Gasteiger partial charge in [-0.05, 0) is 18.9 Å². The summed E-state index contributed by atoms with van der Waals surface area (Å²) in [5.41, 5.74) is 2.50. The molecule has 1 aromatic rings. The van der Waals surface area contributed by atoms with E-state index < -0.39 is 24.5 Å². The van der Waals surface area contributed by atoms with E-state index in [0.717, 1.165) is 4.88 Å². The number of amides is 2. The number of carbonyl (C=O) groups is 4. The van der Waals surface area contributed by atoms with Crippen molar-refractivity contribution in [2.45, 2.75) is 39.5 Å². The molecule has 0 saturated heterocycles. The molecule has 146 valence electrons. The number of anilines is 1. The molecule has 0 radical (unpaired) electrons. The van der Waals surface area contributed by atoms with Crippen LogP contribution in [-0.4, -0.2) is 42.7 Å². The van der Waals surface area contributed by atoms with Gasteiger partial charge in [-0.2, -0.15) is 5.10 Å². The van der Waals surface area contributed by atoms with Gasteiger partial charge in [0.25, 0.3) is 5.91 Å². The van der Waals surface area contributed by atoms with E-state index in [1.165, 1.54) is 11.3 Å². The lowest BCUT2D eigenvalue weighted by Gasteiger charge is -2.11. The van der Waals surface area contributed by atoms with Gasteiger partial charge in [-0.1, -0.05) is 13.8 Å². The number of hydrogen-bond donors (Lipinski definition) is 2. The lowest BCUT2D eigenvalue weighted by atomic mass is 10.1. The average molecular weight is 395 g/mol. The predicted octanol–water partition coefficient (Wildman–Crippen LogP) is 1.80. The lowest BCUT2D eigenvalue weighted by molar-refractivity contribution is -0.140. The Kier molecular flexibility index (Phi) is 7.05. The zero-order chi connectivity index (χ0) is 20.0. The molecule has 2 heterocycles. The number of ether oxygens (including phenoxy) is 2. The van der Waals surface area contributed by atoms with Crippen molar-refractivity contribution in [3.8, 4) is 0 Å². The fourth-order valence-electron chi connectivity index (χ4n) is 2.15. The van der Waals surface area contributed by atoms with Crippen LogP contribution < -0.4 is 10.7 Å². The highest BCUT2D eigenvalue weighted by molar-refractivity contribution is 7.16. The van der Waals surface area contributed by atoms with Gasteiger partial charge in [0.2, 0.25) is 5.91 Å². The summed E-state index contributed by atoms with van der Waals surface area (Å²) in [6.07, 6.45) is 0.290. The minimum absolute atomic E-state index is 0.0489. The molecule has 0 bridgehead atoms. The number of nitrogens with one attached hydrogen (secondary N) is 2. The minimum Gasteiger partial charge on any atom is -0.462 e. The first-order valence-electron chi connectivity index (χ1n) is 8.45.